The normalized spacial score (nSPS) is 18.6. The number of nitrogens with zero attached hydrogens (tertiary/aromatic N) is 2. The van der Waals surface area contributed by atoms with E-state index in [0.717, 1.165) is 49.2 Å². The van der Waals surface area contributed by atoms with Gasteiger partial charge in [-0.2, -0.15) is 0 Å². The average Bonchev–Trinajstić information content (AvgIpc) is 3.09. The van der Waals surface area contributed by atoms with Crippen LogP contribution in [0.1, 0.15) is 18.5 Å². The van der Waals surface area contributed by atoms with E-state index < -0.39 is 0 Å². The van der Waals surface area contributed by atoms with Crippen LogP contribution < -0.4 is 25.1 Å². The van der Waals surface area contributed by atoms with E-state index in [1.165, 1.54) is 5.56 Å². The topological polar surface area (TPSA) is 65.1 Å². The number of nitrogens with one attached hydrogen (secondary N) is 1. The molecular weight excluding hydrogens is 304 g/mol. The Morgan fingerprint density at radius 1 is 1.04 bits per heavy atom. The van der Waals surface area contributed by atoms with Gasteiger partial charge in [0.1, 0.15) is 6.20 Å². The van der Waals surface area contributed by atoms with Gasteiger partial charge in [-0.3, -0.25) is 9.80 Å². The van der Waals surface area contributed by atoms with Crippen LogP contribution in [0.25, 0.3) is 0 Å². The number of fused-ring (bicyclic) bond motifs is 1. The minimum atomic E-state index is 0.323. The van der Waals surface area contributed by atoms with Crippen molar-refractivity contribution in [3.8, 4) is 11.5 Å². The first-order valence-corrected chi connectivity index (χ1v) is 8.36. The summed E-state index contributed by atoms with van der Waals surface area (Å²) in [5.41, 5.74) is 7.77. The van der Waals surface area contributed by atoms with Gasteiger partial charge in [0.2, 0.25) is 6.79 Å². The van der Waals surface area contributed by atoms with Crippen LogP contribution in [0.4, 0.5) is 11.5 Å². The van der Waals surface area contributed by atoms with E-state index in [1.807, 2.05) is 24.4 Å². The number of piperazine rings is 1. The first kappa shape index (κ1) is 15.1. The van der Waals surface area contributed by atoms with Crippen LogP contribution in [0.5, 0.6) is 11.5 Å². The van der Waals surface area contributed by atoms with Gasteiger partial charge in [-0.25, -0.2) is 4.98 Å². The number of anilines is 2. The van der Waals surface area contributed by atoms with E-state index in [-0.39, 0.29) is 0 Å². The number of benzene rings is 1. The lowest BCUT2D eigenvalue weighted by Crippen LogP contribution is -2.48. The van der Waals surface area contributed by atoms with Gasteiger partial charge in [-0.05, 0) is 30.7 Å². The molecule has 0 amide bonds. The minimum absolute atomic E-state index is 0.323. The highest BCUT2D eigenvalue weighted by molar-refractivity contribution is 5.45. The van der Waals surface area contributed by atoms with Gasteiger partial charge < -0.3 is 15.2 Å². The average molecular weight is 327 g/mol. The number of nitrogen functional groups attached to an aromatic ring is 1. The molecule has 0 aliphatic carbocycles. The maximum Gasteiger partial charge on any atom is 0.274 e. The first-order valence-electron chi connectivity index (χ1n) is 8.36. The second-order valence-corrected chi connectivity index (χ2v) is 6.32. The molecule has 1 unspecified atom stereocenters. The lowest BCUT2D eigenvalue weighted by molar-refractivity contribution is -0.363. The summed E-state index contributed by atoms with van der Waals surface area (Å²) in [4.78, 5) is 8.13. The highest BCUT2D eigenvalue weighted by atomic mass is 16.7. The summed E-state index contributed by atoms with van der Waals surface area (Å²) in [6.45, 7) is 6.61. The number of rotatable bonds is 3. The summed E-state index contributed by atoms with van der Waals surface area (Å²) >= 11 is 0. The van der Waals surface area contributed by atoms with Crippen LogP contribution in [0.15, 0.2) is 36.5 Å². The lowest BCUT2D eigenvalue weighted by Gasteiger charge is -2.35. The molecule has 1 aromatic carbocycles. The molecule has 0 bridgehead atoms. The summed E-state index contributed by atoms with van der Waals surface area (Å²) in [7, 11) is 0. The van der Waals surface area contributed by atoms with Crippen molar-refractivity contribution in [2.45, 2.75) is 13.0 Å². The third kappa shape index (κ3) is 2.85. The van der Waals surface area contributed by atoms with Crippen molar-refractivity contribution in [1.29, 1.82) is 0 Å². The van der Waals surface area contributed by atoms with Crippen molar-refractivity contribution in [2.75, 3.05) is 43.6 Å². The summed E-state index contributed by atoms with van der Waals surface area (Å²) < 4.78 is 10.9. The smallest absolute Gasteiger partial charge is 0.274 e. The molecule has 6 nitrogen and oxygen atoms in total. The maximum absolute atomic E-state index is 5.74. The number of aromatic nitrogens is 1. The molecule has 1 atom stereocenters. The molecule has 2 aromatic rings. The van der Waals surface area contributed by atoms with E-state index in [1.54, 1.807) is 0 Å². The van der Waals surface area contributed by atoms with Crippen molar-refractivity contribution < 1.29 is 14.5 Å². The van der Waals surface area contributed by atoms with Gasteiger partial charge in [0.25, 0.3) is 5.82 Å². The van der Waals surface area contributed by atoms with Gasteiger partial charge in [-0.15, -0.1) is 0 Å². The van der Waals surface area contributed by atoms with Crippen molar-refractivity contribution >= 4 is 11.5 Å². The van der Waals surface area contributed by atoms with E-state index in [9.17, 15) is 0 Å². The van der Waals surface area contributed by atoms with E-state index in [4.69, 9.17) is 15.2 Å². The van der Waals surface area contributed by atoms with E-state index in [2.05, 4.69) is 33.8 Å². The first-order chi connectivity index (χ1) is 11.7. The fourth-order valence-corrected chi connectivity index (χ4v) is 3.36. The quantitative estimate of drug-likeness (QED) is 0.929. The third-order valence-electron chi connectivity index (χ3n) is 4.90. The fourth-order valence-electron chi connectivity index (χ4n) is 3.36. The molecule has 0 saturated carbocycles. The molecule has 0 spiro atoms. The second-order valence-electron chi connectivity index (χ2n) is 6.32. The third-order valence-corrected chi connectivity index (χ3v) is 4.90. The molecule has 2 aliphatic rings. The van der Waals surface area contributed by atoms with Crippen LogP contribution in [-0.4, -0.2) is 37.9 Å². The molecule has 6 heteroatoms. The molecule has 3 heterocycles. The van der Waals surface area contributed by atoms with Crippen LogP contribution in [0.3, 0.4) is 0 Å². The largest absolute Gasteiger partial charge is 0.454 e. The SMILES string of the molecule is CC(c1ccc2c(c1)OCO2)N1CCN(c2ccc(N)c[nH+]2)CC1. The number of ether oxygens (including phenoxy) is 2. The molecule has 2 aliphatic heterocycles. The van der Waals surface area contributed by atoms with Crippen molar-refractivity contribution in [3.05, 3.63) is 42.1 Å². The zero-order valence-electron chi connectivity index (χ0n) is 13.9. The molecule has 1 saturated heterocycles. The maximum atomic E-state index is 5.74. The van der Waals surface area contributed by atoms with Gasteiger partial charge in [0, 0.05) is 25.2 Å². The molecule has 1 aromatic heterocycles. The Morgan fingerprint density at radius 3 is 2.58 bits per heavy atom. The van der Waals surface area contributed by atoms with E-state index in [0.29, 0.717) is 12.8 Å². The molecule has 24 heavy (non-hydrogen) atoms. The standard InChI is InChI=1S/C18H22N4O2/c1-13(14-2-4-16-17(10-14)24-12-23-16)21-6-8-22(9-7-21)18-5-3-15(19)11-20-18/h2-5,10-11,13H,6-9,12,19H2,1H3/p+1. The zero-order chi connectivity index (χ0) is 16.5. The highest BCUT2D eigenvalue weighted by Crippen LogP contribution is 2.35. The molecular formula is C18H23N4O2+. The number of aromatic amines is 1. The van der Waals surface area contributed by atoms with Crippen LogP contribution in [0.2, 0.25) is 0 Å². The minimum Gasteiger partial charge on any atom is -0.454 e. The van der Waals surface area contributed by atoms with Gasteiger partial charge in [0.15, 0.2) is 11.5 Å². The van der Waals surface area contributed by atoms with Crippen molar-refractivity contribution in [3.63, 3.8) is 0 Å². The Balaban J connectivity index is 1.41. The Labute approximate surface area is 141 Å². The highest BCUT2D eigenvalue weighted by Gasteiger charge is 2.27. The predicted molar refractivity (Wildman–Crippen MR) is 92.2 cm³/mol. The van der Waals surface area contributed by atoms with Crippen LogP contribution in [-0.2, 0) is 0 Å². The number of hydrogen-bond acceptors (Lipinski definition) is 5. The number of pyridine rings is 1. The van der Waals surface area contributed by atoms with Crippen molar-refractivity contribution in [1.82, 2.24) is 4.90 Å². The summed E-state index contributed by atoms with van der Waals surface area (Å²) in [6.07, 6.45) is 1.84. The summed E-state index contributed by atoms with van der Waals surface area (Å²) in [5, 5.41) is 0. The molecule has 126 valence electrons. The lowest BCUT2D eigenvalue weighted by atomic mass is 10.1. The molecule has 4 rings (SSSR count). The number of hydrogen-bond donors (Lipinski definition) is 1. The predicted octanol–water partition coefficient (Wildman–Crippen LogP) is 1.69. The molecule has 1 fully saturated rings. The fraction of sp³-hybridized carbons (Fsp3) is 0.389. The second kappa shape index (κ2) is 6.20. The number of nitrogens with two attached hydrogens (primary N) is 1. The van der Waals surface area contributed by atoms with Crippen LogP contribution in [0, 0.1) is 0 Å². The van der Waals surface area contributed by atoms with Gasteiger partial charge in [-0.1, -0.05) is 6.07 Å². The monoisotopic (exact) mass is 327 g/mol. The zero-order valence-corrected chi connectivity index (χ0v) is 13.9. The Hall–Kier alpha value is -2.47. The Morgan fingerprint density at radius 2 is 1.83 bits per heavy atom. The van der Waals surface area contributed by atoms with Crippen LogP contribution >= 0.6 is 0 Å². The van der Waals surface area contributed by atoms with Gasteiger partial charge in [0.05, 0.1) is 18.8 Å². The Kier molecular flexibility index (Phi) is 3.90. The molecule has 0 radical (unpaired) electrons. The van der Waals surface area contributed by atoms with Gasteiger partial charge >= 0.3 is 0 Å². The summed E-state index contributed by atoms with van der Waals surface area (Å²) in [6, 6.07) is 10.6. The Bertz CT molecular complexity index is 711. The van der Waals surface area contributed by atoms with E-state index >= 15 is 0 Å². The summed E-state index contributed by atoms with van der Waals surface area (Å²) in [5.74, 6) is 2.82. The van der Waals surface area contributed by atoms with Crippen molar-refractivity contribution in [2.24, 2.45) is 0 Å². The number of H-pyrrole nitrogens is 1. The molecule has 3 N–H and O–H groups in total.